The van der Waals surface area contributed by atoms with Crippen molar-refractivity contribution in [3.63, 3.8) is 0 Å². The van der Waals surface area contributed by atoms with Crippen LogP contribution in [0.3, 0.4) is 0 Å². The van der Waals surface area contributed by atoms with E-state index in [-0.39, 0.29) is 4.90 Å². The molecule has 0 aliphatic rings. The largest absolute Gasteiger partial charge is 0.298 e. The fraction of sp³-hybridized carbons (Fsp3) is 0.158. The van der Waals surface area contributed by atoms with Gasteiger partial charge in [0.1, 0.15) is 0 Å². The number of thioether (sulfide) groups is 1. The molecule has 0 spiro atoms. The Kier molecular flexibility index (Phi) is 6.86. The molecule has 0 saturated carbocycles. The van der Waals surface area contributed by atoms with E-state index >= 15 is 0 Å². The molecule has 0 aliphatic carbocycles. The molecular formula is C19H17F2N3O3S3. The van der Waals surface area contributed by atoms with E-state index in [1.165, 1.54) is 61.8 Å². The first-order chi connectivity index (χ1) is 14.2. The zero-order chi connectivity index (χ0) is 21.9. The van der Waals surface area contributed by atoms with Gasteiger partial charge in [-0.2, -0.15) is 8.78 Å². The number of anilines is 1. The average molecular weight is 470 g/mol. The van der Waals surface area contributed by atoms with Crippen molar-refractivity contribution in [1.82, 2.24) is 9.29 Å². The normalized spacial score (nSPS) is 11.8. The quantitative estimate of drug-likeness (QED) is 0.511. The highest BCUT2D eigenvalue weighted by molar-refractivity contribution is 7.99. The van der Waals surface area contributed by atoms with E-state index in [0.717, 1.165) is 4.31 Å². The first-order valence-corrected chi connectivity index (χ1v) is 11.7. The second kappa shape index (κ2) is 9.21. The Morgan fingerprint density at radius 2 is 1.73 bits per heavy atom. The number of sulfonamides is 1. The molecule has 1 aromatic heterocycles. The van der Waals surface area contributed by atoms with Gasteiger partial charge in [-0.25, -0.2) is 17.7 Å². The van der Waals surface area contributed by atoms with Crippen molar-refractivity contribution in [3.05, 3.63) is 59.5 Å². The predicted octanol–water partition coefficient (Wildman–Crippen LogP) is 4.63. The molecule has 0 fully saturated rings. The van der Waals surface area contributed by atoms with Gasteiger partial charge in [-0.3, -0.25) is 10.1 Å². The molecule has 0 aliphatic heterocycles. The summed E-state index contributed by atoms with van der Waals surface area (Å²) in [6, 6.07) is 12.2. The van der Waals surface area contributed by atoms with Crippen molar-refractivity contribution in [3.8, 4) is 11.3 Å². The zero-order valence-corrected chi connectivity index (χ0v) is 18.3. The Balaban J connectivity index is 1.70. The van der Waals surface area contributed by atoms with Crippen molar-refractivity contribution in [1.29, 1.82) is 0 Å². The molecule has 3 rings (SSSR count). The second-order valence-corrected chi connectivity index (χ2v) is 10.3. The Bertz CT molecular complexity index is 1130. The summed E-state index contributed by atoms with van der Waals surface area (Å²) >= 11 is 1.63. The predicted molar refractivity (Wildman–Crippen MR) is 115 cm³/mol. The molecule has 2 aromatic carbocycles. The van der Waals surface area contributed by atoms with E-state index in [4.69, 9.17) is 0 Å². The van der Waals surface area contributed by atoms with Gasteiger partial charge < -0.3 is 0 Å². The smallest absolute Gasteiger partial charge is 0.288 e. The first-order valence-electron chi connectivity index (χ1n) is 8.51. The molecule has 6 nitrogen and oxygen atoms in total. The highest BCUT2D eigenvalue weighted by Crippen LogP contribution is 2.28. The third-order valence-electron chi connectivity index (χ3n) is 3.99. The Hall–Kier alpha value is -2.34. The van der Waals surface area contributed by atoms with Crippen molar-refractivity contribution in [2.24, 2.45) is 0 Å². The average Bonchev–Trinajstić information content (AvgIpc) is 3.16. The molecule has 1 heterocycles. The van der Waals surface area contributed by atoms with Crippen LogP contribution in [0.5, 0.6) is 0 Å². The van der Waals surface area contributed by atoms with E-state index in [0.29, 0.717) is 38.6 Å². The highest BCUT2D eigenvalue weighted by Gasteiger charge is 2.17. The van der Waals surface area contributed by atoms with Crippen LogP contribution in [0, 0.1) is 0 Å². The molecule has 0 bridgehead atoms. The van der Waals surface area contributed by atoms with Crippen molar-refractivity contribution >= 4 is 44.2 Å². The molecule has 30 heavy (non-hydrogen) atoms. The van der Waals surface area contributed by atoms with Gasteiger partial charge >= 0.3 is 0 Å². The lowest BCUT2D eigenvalue weighted by Gasteiger charge is -2.11. The van der Waals surface area contributed by atoms with Crippen LogP contribution in [0.1, 0.15) is 10.4 Å². The maximum atomic E-state index is 12.4. The summed E-state index contributed by atoms with van der Waals surface area (Å²) in [4.78, 5) is 17.2. The van der Waals surface area contributed by atoms with Crippen LogP contribution >= 0.6 is 23.1 Å². The van der Waals surface area contributed by atoms with E-state index in [9.17, 15) is 22.0 Å². The van der Waals surface area contributed by atoms with E-state index in [1.807, 2.05) is 0 Å². The minimum Gasteiger partial charge on any atom is -0.298 e. The molecule has 1 N–H and O–H groups in total. The van der Waals surface area contributed by atoms with Crippen LogP contribution in [0.2, 0.25) is 0 Å². The summed E-state index contributed by atoms with van der Waals surface area (Å²) in [5.74, 6) is -2.92. The number of carbonyl (C=O) groups is 1. The van der Waals surface area contributed by atoms with Crippen LogP contribution < -0.4 is 5.32 Å². The third kappa shape index (κ3) is 5.22. The highest BCUT2D eigenvalue weighted by atomic mass is 32.2. The minimum atomic E-state index is -3.51. The van der Waals surface area contributed by atoms with Gasteiger partial charge in [0.2, 0.25) is 10.0 Å². The molecule has 0 unspecified atom stereocenters. The van der Waals surface area contributed by atoms with Gasteiger partial charge in [0.25, 0.3) is 11.7 Å². The second-order valence-electron chi connectivity index (χ2n) is 6.21. The molecular weight excluding hydrogens is 452 g/mol. The number of thiazole rings is 1. The number of benzene rings is 2. The summed E-state index contributed by atoms with van der Waals surface area (Å²) in [7, 11) is -0.587. The molecule has 0 saturated heterocycles. The Labute approximate surface area is 181 Å². The number of nitrogens with one attached hydrogen (secondary N) is 1. The maximum absolute atomic E-state index is 12.4. The summed E-state index contributed by atoms with van der Waals surface area (Å²) in [6.07, 6.45) is 0. The molecule has 3 aromatic rings. The molecule has 11 heteroatoms. The van der Waals surface area contributed by atoms with Crippen molar-refractivity contribution in [2.45, 2.75) is 15.5 Å². The summed E-state index contributed by atoms with van der Waals surface area (Å²) in [5.41, 5.74) is 1.62. The Morgan fingerprint density at radius 3 is 2.30 bits per heavy atom. The van der Waals surface area contributed by atoms with Crippen LogP contribution in [0.25, 0.3) is 11.3 Å². The zero-order valence-electron chi connectivity index (χ0n) is 15.9. The number of amides is 1. The number of carbonyl (C=O) groups excluding carboxylic acids is 1. The van der Waals surface area contributed by atoms with E-state index in [1.54, 1.807) is 17.5 Å². The SMILES string of the molecule is CN(C)S(=O)(=O)c1ccc(-c2csc(NC(=O)c3ccc(SC(F)F)cc3)n2)cc1. The van der Waals surface area contributed by atoms with Gasteiger partial charge in [-0.1, -0.05) is 23.9 Å². The summed E-state index contributed by atoms with van der Waals surface area (Å²) < 4.78 is 50.2. The van der Waals surface area contributed by atoms with Gasteiger partial charge in [0, 0.05) is 35.5 Å². The van der Waals surface area contributed by atoms with Crippen LogP contribution in [0.15, 0.2) is 63.7 Å². The minimum absolute atomic E-state index is 0.174. The van der Waals surface area contributed by atoms with E-state index < -0.39 is 21.7 Å². The number of aromatic nitrogens is 1. The maximum Gasteiger partial charge on any atom is 0.288 e. The number of rotatable bonds is 7. The lowest BCUT2D eigenvalue weighted by molar-refractivity contribution is 0.102. The molecule has 0 atom stereocenters. The third-order valence-corrected chi connectivity index (χ3v) is 7.30. The van der Waals surface area contributed by atoms with Gasteiger partial charge in [0.15, 0.2) is 5.13 Å². The lowest BCUT2D eigenvalue weighted by Crippen LogP contribution is -2.22. The van der Waals surface area contributed by atoms with Gasteiger partial charge in [-0.05, 0) is 36.4 Å². The standard InChI is InChI=1S/C19H17F2N3O3S3/c1-24(2)30(26,27)15-9-5-12(6-10-15)16-11-28-19(22-16)23-17(25)13-3-7-14(8-4-13)29-18(20)21/h3-11,18H,1-2H3,(H,22,23,25). The lowest BCUT2D eigenvalue weighted by atomic mass is 10.2. The van der Waals surface area contributed by atoms with E-state index in [2.05, 4.69) is 10.3 Å². The topological polar surface area (TPSA) is 79.4 Å². The first kappa shape index (κ1) is 22.3. The number of alkyl halides is 2. The van der Waals surface area contributed by atoms with Crippen molar-refractivity contribution in [2.75, 3.05) is 19.4 Å². The Morgan fingerprint density at radius 1 is 1.10 bits per heavy atom. The van der Waals surface area contributed by atoms with Crippen LogP contribution in [-0.2, 0) is 10.0 Å². The molecule has 158 valence electrons. The number of halogens is 2. The number of nitrogens with zero attached hydrogens (tertiary/aromatic N) is 2. The molecule has 1 amide bonds. The van der Waals surface area contributed by atoms with Gasteiger partial charge in [-0.15, -0.1) is 11.3 Å². The molecule has 0 radical (unpaired) electrons. The van der Waals surface area contributed by atoms with Crippen LogP contribution in [-0.4, -0.2) is 43.5 Å². The number of hydrogen-bond donors (Lipinski definition) is 1. The summed E-state index contributed by atoms with van der Waals surface area (Å²) in [6.45, 7) is 0. The fourth-order valence-electron chi connectivity index (χ4n) is 2.43. The number of hydrogen-bond acceptors (Lipinski definition) is 6. The van der Waals surface area contributed by atoms with Crippen LogP contribution in [0.4, 0.5) is 13.9 Å². The summed E-state index contributed by atoms with van der Waals surface area (Å²) in [5, 5.41) is 4.78. The fourth-order valence-corrected chi connectivity index (χ4v) is 4.54. The van der Waals surface area contributed by atoms with Crippen molar-refractivity contribution < 1.29 is 22.0 Å². The van der Waals surface area contributed by atoms with Gasteiger partial charge in [0.05, 0.1) is 10.6 Å². The monoisotopic (exact) mass is 469 g/mol.